The Bertz CT molecular complexity index is 456. The number of rotatable bonds is 3. The van der Waals surface area contributed by atoms with E-state index in [1.54, 1.807) is 12.3 Å². The Kier molecular flexibility index (Phi) is 3.77. The molecule has 0 N–H and O–H groups in total. The summed E-state index contributed by atoms with van der Waals surface area (Å²) < 4.78 is 1.52. The number of carbonyl (C=O) groups excluding carboxylic acids is 1. The van der Waals surface area contributed by atoms with Gasteiger partial charge < -0.3 is 4.57 Å². The van der Waals surface area contributed by atoms with Crippen molar-refractivity contribution >= 4 is 5.78 Å². The van der Waals surface area contributed by atoms with Gasteiger partial charge in [-0.3, -0.25) is 9.59 Å². The Morgan fingerprint density at radius 2 is 2.06 bits per heavy atom. The molecule has 0 bridgehead atoms. The molecule has 1 heterocycles. The zero-order valence-corrected chi connectivity index (χ0v) is 10.3. The lowest BCUT2D eigenvalue weighted by Gasteiger charge is -2.20. The minimum atomic E-state index is -0.0749. The van der Waals surface area contributed by atoms with E-state index in [0.717, 1.165) is 31.2 Å². The fourth-order valence-electron chi connectivity index (χ4n) is 2.46. The van der Waals surface area contributed by atoms with Crippen LogP contribution in [0.25, 0.3) is 0 Å². The molecule has 1 aromatic rings. The smallest absolute Gasteiger partial charge is 0.251 e. The fourth-order valence-corrected chi connectivity index (χ4v) is 2.46. The predicted molar refractivity (Wildman–Crippen MR) is 67.0 cm³/mol. The van der Waals surface area contributed by atoms with Gasteiger partial charge in [0, 0.05) is 18.2 Å². The van der Waals surface area contributed by atoms with Crippen molar-refractivity contribution in [3.63, 3.8) is 0 Å². The van der Waals surface area contributed by atoms with Crippen LogP contribution in [0.5, 0.6) is 0 Å². The van der Waals surface area contributed by atoms with Crippen molar-refractivity contribution in [2.75, 3.05) is 0 Å². The molecule has 3 nitrogen and oxygen atoms in total. The molecule has 0 unspecified atom stereocenters. The standard InChI is InChI=1S/C14H19NO2/c1-11-7-8-15(14(17)9-11)10-13(16)12-5-3-2-4-6-12/h7-9,12H,2-6,10H2,1H3. The van der Waals surface area contributed by atoms with Crippen molar-refractivity contribution in [1.82, 2.24) is 4.57 Å². The SMILES string of the molecule is Cc1ccn(CC(=O)C2CCCCC2)c(=O)c1. The first-order chi connectivity index (χ1) is 8.16. The molecule has 0 spiro atoms. The summed E-state index contributed by atoms with van der Waals surface area (Å²) in [7, 11) is 0. The number of aromatic nitrogens is 1. The highest BCUT2D eigenvalue weighted by molar-refractivity contribution is 5.80. The third-order valence-corrected chi connectivity index (χ3v) is 3.54. The summed E-state index contributed by atoms with van der Waals surface area (Å²) in [6, 6.07) is 3.45. The summed E-state index contributed by atoms with van der Waals surface area (Å²) in [5.74, 6) is 0.396. The van der Waals surface area contributed by atoms with E-state index < -0.39 is 0 Å². The lowest BCUT2D eigenvalue weighted by molar-refractivity contribution is -0.124. The van der Waals surface area contributed by atoms with E-state index in [2.05, 4.69) is 0 Å². The third-order valence-electron chi connectivity index (χ3n) is 3.54. The van der Waals surface area contributed by atoms with Crippen LogP contribution in [-0.4, -0.2) is 10.4 Å². The van der Waals surface area contributed by atoms with Gasteiger partial charge in [-0.05, 0) is 31.4 Å². The Balaban J connectivity index is 2.04. The van der Waals surface area contributed by atoms with Crippen LogP contribution < -0.4 is 5.56 Å². The minimum absolute atomic E-state index is 0.0749. The Morgan fingerprint density at radius 1 is 1.35 bits per heavy atom. The molecule has 2 rings (SSSR count). The highest BCUT2D eigenvalue weighted by Crippen LogP contribution is 2.24. The zero-order valence-electron chi connectivity index (χ0n) is 10.3. The molecule has 0 saturated heterocycles. The van der Waals surface area contributed by atoms with E-state index in [9.17, 15) is 9.59 Å². The summed E-state index contributed by atoms with van der Waals surface area (Å²) in [5, 5.41) is 0. The van der Waals surface area contributed by atoms with Crippen molar-refractivity contribution in [2.24, 2.45) is 5.92 Å². The van der Waals surface area contributed by atoms with E-state index in [1.807, 2.05) is 13.0 Å². The molecule has 1 saturated carbocycles. The van der Waals surface area contributed by atoms with Crippen LogP contribution in [0.2, 0.25) is 0 Å². The Labute approximate surface area is 101 Å². The van der Waals surface area contributed by atoms with Gasteiger partial charge in [0.15, 0.2) is 5.78 Å². The highest BCUT2D eigenvalue weighted by atomic mass is 16.1. The molecular formula is C14H19NO2. The number of carbonyl (C=O) groups is 1. The lowest BCUT2D eigenvalue weighted by atomic mass is 9.86. The minimum Gasteiger partial charge on any atom is -0.308 e. The summed E-state index contributed by atoms with van der Waals surface area (Å²) in [6.45, 7) is 2.12. The number of ketones is 1. The topological polar surface area (TPSA) is 39.1 Å². The van der Waals surface area contributed by atoms with Crippen molar-refractivity contribution in [3.8, 4) is 0 Å². The first kappa shape index (κ1) is 12.1. The van der Waals surface area contributed by atoms with Gasteiger partial charge in [0.25, 0.3) is 5.56 Å². The first-order valence-corrected chi connectivity index (χ1v) is 6.36. The van der Waals surface area contributed by atoms with Gasteiger partial charge >= 0.3 is 0 Å². The van der Waals surface area contributed by atoms with E-state index >= 15 is 0 Å². The average Bonchev–Trinajstić information content (AvgIpc) is 2.34. The first-order valence-electron chi connectivity index (χ1n) is 6.36. The maximum absolute atomic E-state index is 12.0. The van der Waals surface area contributed by atoms with Crippen LogP contribution in [0, 0.1) is 12.8 Å². The number of hydrogen-bond donors (Lipinski definition) is 0. The maximum atomic E-state index is 12.0. The molecule has 1 aromatic heterocycles. The van der Waals surface area contributed by atoms with Gasteiger partial charge in [-0.15, -0.1) is 0 Å². The van der Waals surface area contributed by atoms with Crippen LogP contribution in [0.15, 0.2) is 23.1 Å². The van der Waals surface area contributed by atoms with Gasteiger partial charge in [-0.1, -0.05) is 19.3 Å². The van der Waals surface area contributed by atoms with E-state index in [0.29, 0.717) is 0 Å². The normalized spacial score (nSPS) is 17.0. The second-order valence-electron chi connectivity index (χ2n) is 4.97. The molecule has 0 aromatic carbocycles. The van der Waals surface area contributed by atoms with E-state index in [4.69, 9.17) is 0 Å². The molecule has 0 amide bonds. The molecule has 3 heteroatoms. The molecule has 0 atom stereocenters. The number of aryl methyl sites for hydroxylation is 1. The van der Waals surface area contributed by atoms with Crippen LogP contribution in [-0.2, 0) is 11.3 Å². The van der Waals surface area contributed by atoms with Gasteiger partial charge in [0.1, 0.15) is 0 Å². The second kappa shape index (κ2) is 5.30. The van der Waals surface area contributed by atoms with Crippen LogP contribution in [0.1, 0.15) is 37.7 Å². The predicted octanol–water partition coefficient (Wildman–Crippen LogP) is 2.31. The number of pyridine rings is 1. The average molecular weight is 233 g/mol. The third kappa shape index (κ3) is 3.05. The van der Waals surface area contributed by atoms with Crippen molar-refractivity contribution in [2.45, 2.75) is 45.6 Å². The van der Waals surface area contributed by atoms with Gasteiger partial charge in [0.2, 0.25) is 0 Å². The van der Waals surface area contributed by atoms with Crippen LogP contribution in [0.3, 0.4) is 0 Å². The van der Waals surface area contributed by atoms with Gasteiger partial charge in [-0.25, -0.2) is 0 Å². The summed E-state index contributed by atoms with van der Waals surface area (Å²) in [4.78, 5) is 23.7. The zero-order chi connectivity index (χ0) is 12.3. The number of hydrogen-bond acceptors (Lipinski definition) is 2. The summed E-state index contributed by atoms with van der Waals surface area (Å²) >= 11 is 0. The van der Waals surface area contributed by atoms with Crippen molar-refractivity contribution < 1.29 is 4.79 Å². The lowest BCUT2D eigenvalue weighted by Crippen LogP contribution is -2.28. The monoisotopic (exact) mass is 233 g/mol. The highest BCUT2D eigenvalue weighted by Gasteiger charge is 2.21. The maximum Gasteiger partial charge on any atom is 0.251 e. The largest absolute Gasteiger partial charge is 0.308 e. The van der Waals surface area contributed by atoms with E-state index in [-0.39, 0.29) is 23.8 Å². The quantitative estimate of drug-likeness (QED) is 0.803. The molecule has 92 valence electrons. The molecule has 0 aliphatic heterocycles. The summed E-state index contributed by atoms with van der Waals surface area (Å²) in [5.41, 5.74) is 0.866. The van der Waals surface area contributed by atoms with Crippen LogP contribution >= 0.6 is 0 Å². The molecule has 1 aliphatic rings. The Hall–Kier alpha value is -1.38. The van der Waals surface area contributed by atoms with Gasteiger partial charge in [0.05, 0.1) is 6.54 Å². The van der Waals surface area contributed by atoms with Crippen molar-refractivity contribution in [3.05, 3.63) is 34.2 Å². The van der Waals surface area contributed by atoms with Crippen molar-refractivity contribution in [1.29, 1.82) is 0 Å². The van der Waals surface area contributed by atoms with Crippen LogP contribution in [0.4, 0.5) is 0 Å². The molecule has 0 radical (unpaired) electrons. The van der Waals surface area contributed by atoms with Gasteiger partial charge in [-0.2, -0.15) is 0 Å². The fraction of sp³-hybridized carbons (Fsp3) is 0.571. The van der Waals surface area contributed by atoms with E-state index in [1.165, 1.54) is 11.0 Å². The molecule has 1 fully saturated rings. The second-order valence-corrected chi connectivity index (χ2v) is 4.97. The Morgan fingerprint density at radius 3 is 2.71 bits per heavy atom. The summed E-state index contributed by atoms with van der Waals surface area (Å²) in [6.07, 6.45) is 7.27. The number of nitrogens with zero attached hydrogens (tertiary/aromatic N) is 1. The number of Topliss-reactive ketones (excluding diaryl/α,β-unsaturated/α-hetero) is 1. The molecule has 1 aliphatic carbocycles. The molecule has 17 heavy (non-hydrogen) atoms. The molecular weight excluding hydrogens is 214 g/mol.